The molecule has 0 spiro atoms. The minimum atomic E-state index is 0.603. The van der Waals surface area contributed by atoms with E-state index in [0.29, 0.717) is 5.41 Å². The second kappa shape index (κ2) is 7.64. The zero-order valence-corrected chi connectivity index (χ0v) is 13.2. The van der Waals surface area contributed by atoms with Crippen LogP contribution in [0.15, 0.2) is 0 Å². The maximum absolute atomic E-state index is 3.71. The second-order valence-electron chi connectivity index (χ2n) is 6.94. The van der Waals surface area contributed by atoms with Crippen LogP contribution in [0.25, 0.3) is 0 Å². The molecule has 0 unspecified atom stereocenters. The van der Waals surface area contributed by atoms with E-state index in [1.165, 1.54) is 84.0 Å². The van der Waals surface area contributed by atoms with Gasteiger partial charge in [-0.15, -0.1) is 0 Å². The van der Waals surface area contributed by atoms with Gasteiger partial charge in [-0.2, -0.15) is 0 Å². The van der Waals surface area contributed by atoms with E-state index >= 15 is 0 Å². The molecule has 0 heterocycles. The number of rotatable bonds is 10. The zero-order valence-electron chi connectivity index (χ0n) is 13.2. The van der Waals surface area contributed by atoms with Crippen molar-refractivity contribution in [2.45, 2.75) is 77.7 Å². The fourth-order valence-corrected chi connectivity index (χ4v) is 3.67. The molecule has 2 saturated carbocycles. The van der Waals surface area contributed by atoms with Gasteiger partial charge in [-0.3, -0.25) is 4.90 Å². The van der Waals surface area contributed by atoms with Crippen molar-refractivity contribution in [3.63, 3.8) is 0 Å². The fraction of sp³-hybridized carbons (Fsp3) is 1.00. The third-order valence-electron chi connectivity index (χ3n) is 4.99. The highest BCUT2D eigenvalue weighted by molar-refractivity contribution is 4.94. The zero-order chi connectivity index (χ0) is 13.6. The van der Waals surface area contributed by atoms with Gasteiger partial charge in [0.05, 0.1) is 0 Å². The first-order chi connectivity index (χ1) is 9.29. The molecule has 112 valence electrons. The lowest BCUT2D eigenvalue weighted by Crippen LogP contribution is -2.44. The van der Waals surface area contributed by atoms with Gasteiger partial charge in [0.1, 0.15) is 0 Å². The Kier molecular flexibility index (Phi) is 6.15. The van der Waals surface area contributed by atoms with Crippen LogP contribution in [-0.4, -0.2) is 37.1 Å². The van der Waals surface area contributed by atoms with Crippen LogP contribution in [0.1, 0.15) is 71.6 Å². The quantitative estimate of drug-likeness (QED) is 0.605. The van der Waals surface area contributed by atoms with Crippen LogP contribution in [-0.2, 0) is 0 Å². The summed E-state index contributed by atoms with van der Waals surface area (Å²) < 4.78 is 0. The predicted octanol–water partition coefficient (Wildman–Crippen LogP) is 3.81. The number of nitrogens with zero attached hydrogens (tertiary/aromatic N) is 1. The van der Waals surface area contributed by atoms with Crippen molar-refractivity contribution < 1.29 is 0 Å². The highest BCUT2D eigenvalue weighted by atomic mass is 15.2. The summed E-state index contributed by atoms with van der Waals surface area (Å²) in [7, 11) is 0. The molecule has 0 aromatic heterocycles. The van der Waals surface area contributed by atoms with E-state index in [4.69, 9.17) is 0 Å². The SMILES string of the molecule is CCCCN(CC1(CNCCC)CCCC1)C1CC1. The van der Waals surface area contributed by atoms with Gasteiger partial charge in [-0.05, 0) is 57.0 Å². The molecule has 2 rings (SSSR count). The lowest BCUT2D eigenvalue weighted by molar-refractivity contribution is 0.140. The maximum Gasteiger partial charge on any atom is 0.00966 e. The standard InChI is InChI=1S/C17H34N2/c1-3-5-13-19(16-8-9-16)15-17(10-6-7-11-17)14-18-12-4-2/h16,18H,3-15H2,1-2H3. The molecule has 2 aliphatic carbocycles. The molecule has 0 amide bonds. The fourth-order valence-electron chi connectivity index (χ4n) is 3.67. The summed E-state index contributed by atoms with van der Waals surface area (Å²) in [5.41, 5.74) is 0.603. The molecule has 0 aromatic carbocycles. The lowest BCUT2D eigenvalue weighted by atomic mass is 9.85. The lowest BCUT2D eigenvalue weighted by Gasteiger charge is -2.36. The van der Waals surface area contributed by atoms with Gasteiger partial charge in [0.15, 0.2) is 0 Å². The van der Waals surface area contributed by atoms with E-state index in [0.717, 1.165) is 6.04 Å². The summed E-state index contributed by atoms with van der Waals surface area (Å²) in [6.45, 7) is 9.76. The first-order valence-corrected chi connectivity index (χ1v) is 8.74. The molecular weight excluding hydrogens is 232 g/mol. The van der Waals surface area contributed by atoms with Crippen LogP contribution in [0, 0.1) is 5.41 Å². The van der Waals surface area contributed by atoms with Crippen LogP contribution in [0.5, 0.6) is 0 Å². The highest BCUT2D eigenvalue weighted by Crippen LogP contribution is 2.40. The molecule has 0 atom stereocenters. The Hall–Kier alpha value is -0.0800. The summed E-state index contributed by atoms with van der Waals surface area (Å²) >= 11 is 0. The molecule has 0 radical (unpaired) electrons. The Bertz CT molecular complexity index is 242. The largest absolute Gasteiger partial charge is 0.316 e. The Balaban J connectivity index is 1.86. The van der Waals surface area contributed by atoms with E-state index in [1.807, 2.05) is 0 Å². The summed E-state index contributed by atoms with van der Waals surface area (Å²) in [5.74, 6) is 0. The van der Waals surface area contributed by atoms with E-state index in [2.05, 4.69) is 24.1 Å². The molecule has 2 aliphatic rings. The normalized spacial score (nSPS) is 22.3. The van der Waals surface area contributed by atoms with Crippen molar-refractivity contribution in [2.75, 3.05) is 26.2 Å². The van der Waals surface area contributed by atoms with Gasteiger partial charge in [0.2, 0.25) is 0 Å². The Morgan fingerprint density at radius 2 is 1.84 bits per heavy atom. The third kappa shape index (κ3) is 4.75. The molecule has 2 heteroatoms. The van der Waals surface area contributed by atoms with Gasteiger partial charge in [-0.25, -0.2) is 0 Å². The topological polar surface area (TPSA) is 15.3 Å². The minimum Gasteiger partial charge on any atom is -0.316 e. The number of hydrogen-bond acceptors (Lipinski definition) is 2. The van der Waals surface area contributed by atoms with Gasteiger partial charge >= 0.3 is 0 Å². The monoisotopic (exact) mass is 266 g/mol. The molecule has 2 nitrogen and oxygen atoms in total. The Morgan fingerprint density at radius 1 is 1.11 bits per heavy atom. The predicted molar refractivity (Wildman–Crippen MR) is 83.6 cm³/mol. The third-order valence-corrected chi connectivity index (χ3v) is 4.99. The maximum atomic E-state index is 3.71. The van der Waals surface area contributed by atoms with Crippen LogP contribution in [0.3, 0.4) is 0 Å². The summed E-state index contributed by atoms with van der Waals surface area (Å²) in [4.78, 5) is 2.84. The number of hydrogen-bond donors (Lipinski definition) is 1. The van der Waals surface area contributed by atoms with Gasteiger partial charge in [0.25, 0.3) is 0 Å². The Morgan fingerprint density at radius 3 is 2.42 bits per heavy atom. The van der Waals surface area contributed by atoms with Crippen molar-refractivity contribution in [3.05, 3.63) is 0 Å². The van der Waals surface area contributed by atoms with E-state index in [9.17, 15) is 0 Å². The average Bonchev–Trinajstić information content (AvgIpc) is 3.16. The van der Waals surface area contributed by atoms with Crippen molar-refractivity contribution in [1.82, 2.24) is 10.2 Å². The second-order valence-corrected chi connectivity index (χ2v) is 6.94. The van der Waals surface area contributed by atoms with Crippen LogP contribution in [0.2, 0.25) is 0 Å². The molecule has 0 aliphatic heterocycles. The number of unbranched alkanes of at least 4 members (excludes halogenated alkanes) is 1. The highest BCUT2D eigenvalue weighted by Gasteiger charge is 2.38. The van der Waals surface area contributed by atoms with Crippen LogP contribution < -0.4 is 5.32 Å². The molecule has 2 fully saturated rings. The summed E-state index contributed by atoms with van der Waals surface area (Å²) in [6, 6.07) is 0.940. The van der Waals surface area contributed by atoms with Gasteiger partial charge in [0, 0.05) is 19.1 Å². The van der Waals surface area contributed by atoms with Crippen LogP contribution in [0.4, 0.5) is 0 Å². The summed E-state index contributed by atoms with van der Waals surface area (Å²) in [6.07, 6.45) is 12.7. The van der Waals surface area contributed by atoms with E-state index < -0.39 is 0 Å². The summed E-state index contributed by atoms with van der Waals surface area (Å²) in [5, 5.41) is 3.71. The minimum absolute atomic E-state index is 0.603. The molecule has 0 saturated heterocycles. The van der Waals surface area contributed by atoms with Crippen molar-refractivity contribution in [2.24, 2.45) is 5.41 Å². The molecule has 0 bridgehead atoms. The first kappa shape index (κ1) is 15.3. The van der Waals surface area contributed by atoms with E-state index in [-0.39, 0.29) is 0 Å². The Labute approximate surface area is 120 Å². The smallest absolute Gasteiger partial charge is 0.00966 e. The average molecular weight is 266 g/mol. The van der Waals surface area contributed by atoms with E-state index in [1.54, 1.807) is 0 Å². The van der Waals surface area contributed by atoms with Gasteiger partial charge in [-0.1, -0.05) is 33.1 Å². The number of nitrogens with one attached hydrogen (secondary N) is 1. The van der Waals surface area contributed by atoms with Crippen molar-refractivity contribution in [1.29, 1.82) is 0 Å². The first-order valence-electron chi connectivity index (χ1n) is 8.74. The molecule has 19 heavy (non-hydrogen) atoms. The van der Waals surface area contributed by atoms with Crippen molar-refractivity contribution in [3.8, 4) is 0 Å². The molecular formula is C17H34N2. The molecule has 0 aromatic rings. The molecule has 1 N–H and O–H groups in total. The van der Waals surface area contributed by atoms with Crippen molar-refractivity contribution >= 4 is 0 Å². The van der Waals surface area contributed by atoms with Crippen LogP contribution >= 0.6 is 0 Å². The van der Waals surface area contributed by atoms with Gasteiger partial charge < -0.3 is 5.32 Å².